The zero-order valence-electron chi connectivity index (χ0n) is 10.2. The summed E-state index contributed by atoms with van der Waals surface area (Å²) in [4.78, 5) is 25.5. The Hall–Kier alpha value is -2.10. The lowest BCUT2D eigenvalue weighted by molar-refractivity contribution is -0.150. The van der Waals surface area contributed by atoms with Crippen LogP contribution in [0.25, 0.3) is 0 Å². The second-order valence-corrected chi connectivity index (χ2v) is 4.68. The van der Waals surface area contributed by atoms with Gasteiger partial charge in [0.2, 0.25) is 5.91 Å². The van der Waals surface area contributed by atoms with Crippen molar-refractivity contribution < 1.29 is 14.3 Å². The van der Waals surface area contributed by atoms with E-state index in [-0.39, 0.29) is 17.8 Å². The van der Waals surface area contributed by atoms with Gasteiger partial charge < -0.3 is 9.64 Å². The number of ether oxygens (including phenoxy) is 1. The van der Waals surface area contributed by atoms with Gasteiger partial charge in [-0.15, -0.1) is 0 Å². The molecule has 2 atom stereocenters. The smallest absolute Gasteiger partial charge is 0.331 e. The van der Waals surface area contributed by atoms with Gasteiger partial charge in [0.25, 0.3) is 0 Å². The zero-order valence-corrected chi connectivity index (χ0v) is 10.2. The monoisotopic (exact) mass is 243 g/mol. The Morgan fingerprint density at radius 1 is 1.22 bits per heavy atom. The fraction of sp³-hybridized carbons (Fsp3) is 0.286. The summed E-state index contributed by atoms with van der Waals surface area (Å²) in [7, 11) is 1.75. The van der Waals surface area contributed by atoms with Gasteiger partial charge in [-0.2, -0.15) is 0 Å². The van der Waals surface area contributed by atoms with E-state index in [1.165, 1.54) is 6.08 Å². The first kappa shape index (κ1) is 11.0. The van der Waals surface area contributed by atoms with Gasteiger partial charge in [-0.3, -0.25) is 4.79 Å². The van der Waals surface area contributed by atoms with Crippen LogP contribution in [0.5, 0.6) is 0 Å². The van der Waals surface area contributed by atoms with Crippen LogP contribution in [-0.2, 0) is 14.3 Å². The summed E-state index contributed by atoms with van der Waals surface area (Å²) in [6, 6.07) is 7.53. The van der Waals surface area contributed by atoms with Crippen LogP contribution < -0.4 is 4.90 Å². The van der Waals surface area contributed by atoms with Crippen molar-refractivity contribution in [3.63, 3.8) is 0 Å². The molecule has 1 amide bonds. The molecule has 0 saturated carbocycles. The minimum Gasteiger partial charge on any atom is -0.453 e. The highest BCUT2D eigenvalue weighted by molar-refractivity contribution is 6.02. The van der Waals surface area contributed by atoms with Crippen molar-refractivity contribution in [2.24, 2.45) is 5.92 Å². The van der Waals surface area contributed by atoms with E-state index < -0.39 is 6.10 Å². The van der Waals surface area contributed by atoms with Gasteiger partial charge in [0, 0.05) is 18.7 Å². The summed E-state index contributed by atoms with van der Waals surface area (Å²) in [5.41, 5.74) is 2.47. The fourth-order valence-electron chi connectivity index (χ4n) is 2.67. The molecule has 92 valence electrons. The molecule has 4 heteroatoms. The van der Waals surface area contributed by atoms with Gasteiger partial charge in [0.05, 0.1) is 5.69 Å². The van der Waals surface area contributed by atoms with E-state index in [1.807, 2.05) is 24.3 Å². The molecule has 0 aromatic heterocycles. The maximum absolute atomic E-state index is 12.3. The summed E-state index contributed by atoms with van der Waals surface area (Å²) in [6.45, 7) is 1.80. The predicted octanol–water partition coefficient (Wildman–Crippen LogP) is 1.82. The van der Waals surface area contributed by atoms with Crippen molar-refractivity contribution in [1.82, 2.24) is 0 Å². The molecular weight excluding hydrogens is 230 g/mol. The largest absolute Gasteiger partial charge is 0.453 e. The predicted molar refractivity (Wildman–Crippen MR) is 65.9 cm³/mol. The van der Waals surface area contributed by atoms with E-state index >= 15 is 0 Å². The minimum atomic E-state index is -0.484. The third-order valence-corrected chi connectivity index (χ3v) is 3.58. The van der Waals surface area contributed by atoms with E-state index in [0.717, 1.165) is 16.8 Å². The van der Waals surface area contributed by atoms with Crippen molar-refractivity contribution >= 4 is 17.6 Å². The summed E-state index contributed by atoms with van der Waals surface area (Å²) < 4.78 is 5.34. The van der Waals surface area contributed by atoms with Crippen LogP contribution >= 0.6 is 0 Å². The summed E-state index contributed by atoms with van der Waals surface area (Å²) in [6.07, 6.45) is 0.920. The lowest BCUT2D eigenvalue weighted by atomic mass is 9.82. The first-order valence-electron chi connectivity index (χ1n) is 5.85. The van der Waals surface area contributed by atoms with Crippen LogP contribution in [0.2, 0.25) is 0 Å². The van der Waals surface area contributed by atoms with Crippen molar-refractivity contribution in [2.45, 2.75) is 13.0 Å². The fourth-order valence-corrected chi connectivity index (χ4v) is 2.67. The topological polar surface area (TPSA) is 46.6 Å². The summed E-state index contributed by atoms with van der Waals surface area (Å²) in [5, 5.41) is 0. The number of carbonyl (C=O) groups excluding carboxylic acids is 2. The summed E-state index contributed by atoms with van der Waals surface area (Å²) in [5.74, 6) is -0.788. The zero-order chi connectivity index (χ0) is 12.9. The van der Waals surface area contributed by atoms with Gasteiger partial charge >= 0.3 is 5.97 Å². The van der Waals surface area contributed by atoms with Crippen LogP contribution in [-0.4, -0.2) is 18.9 Å². The Morgan fingerprint density at radius 3 is 2.72 bits per heavy atom. The van der Waals surface area contributed by atoms with E-state index in [9.17, 15) is 9.59 Å². The molecule has 0 spiro atoms. The van der Waals surface area contributed by atoms with Gasteiger partial charge in [-0.1, -0.05) is 18.2 Å². The molecule has 0 saturated heterocycles. The molecular formula is C14H13NO3. The summed E-state index contributed by atoms with van der Waals surface area (Å²) >= 11 is 0. The normalized spacial score (nSPS) is 26.1. The molecule has 0 bridgehead atoms. The number of rotatable bonds is 0. The Balaban J connectivity index is 2.20. The number of amides is 1. The number of benzene rings is 1. The molecule has 0 unspecified atom stereocenters. The Morgan fingerprint density at radius 2 is 1.94 bits per heavy atom. The average Bonchev–Trinajstić information content (AvgIpc) is 2.35. The molecule has 4 nitrogen and oxygen atoms in total. The van der Waals surface area contributed by atoms with E-state index in [0.29, 0.717) is 0 Å². The lowest BCUT2D eigenvalue weighted by Crippen LogP contribution is -2.44. The SMILES string of the molecule is CC1=CC(=O)O[C@H]2c3ccccc3N(C)C(=O)[C@H]12. The van der Waals surface area contributed by atoms with Gasteiger partial charge in [-0.05, 0) is 18.6 Å². The number of carbonyl (C=O) groups is 2. The molecule has 2 heterocycles. The molecule has 2 aliphatic heterocycles. The number of hydrogen-bond acceptors (Lipinski definition) is 3. The van der Waals surface area contributed by atoms with Crippen molar-refractivity contribution in [1.29, 1.82) is 0 Å². The van der Waals surface area contributed by atoms with Gasteiger partial charge in [0.15, 0.2) is 0 Å². The van der Waals surface area contributed by atoms with Crippen LogP contribution in [0.4, 0.5) is 5.69 Å². The Kier molecular flexibility index (Phi) is 2.26. The third kappa shape index (κ3) is 1.38. The van der Waals surface area contributed by atoms with Gasteiger partial charge in [-0.25, -0.2) is 4.79 Å². The quantitative estimate of drug-likeness (QED) is 0.653. The number of fused-ring (bicyclic) bond motifs is 3. The molecule has 2 aliphatic rings. The molecule has 1 aromatic carbocycles. The van der Waals surface area contributed by atoms with Crippen molar-refractivity contribution in [3.8, 4) is 0 Å². The first-order chi connectivity index (χ1) is 8.59. The Bertz CT molecular complexity index is 576. The average molecular weight is 243 g/mol. The molecule has 3 rings (SSSR count). The van der Waals surface area contributed by atoms with E-state index in [4.69, 9.17) is 4.74 Å². The highest BCUT2D eigenvalue weighted by Crippen LogP contribution is 2.44. The molecule has 0 aliphatic carbocycles. The second-order valence-electron chi connectivity index (χ2n) is 4.68. The standard InChI is InChI=1S/C14H13NO3/c1-8-7-11(16)18-13-9-5-3-4-6-10(9)15(2)14(17)12(8)13/h3-7,12-13H,1-2H3/t12-,13+/m1/s1. The third-order valence-electron chi connectivity index (χ3n) is 3.58. The molecule has 18 heavy (non-hydrogen) atoms. The molecule has 0 fully saturated rings. The number of nitrogens with zero attached hydrogens (tertiary/aromatic N) is 1. The lowest BCUT2D eigenvalue weighted by Gasteiger charge is -2.39. The van der Waals surface area contributed by atoms with Crippen LogP contribution in [0.15, 0.2) is 35.9 Å². The van der Waals surface area contributed by atoms with Crippen LogP contribution in [0.3, 0.4) is 0 Å². The number of anilines is 1. The number of hydrogen-bond donors (Lipinski definition) is 0. The van der Waals surface area contributed by atoms with Crippen LogP contribution in [0, 0.1) is 5.92 Å². The van der Waals surface area contributed by atoms with Crippen molar-refractivity contribution in [2.75, 3.05) is 11.9 Å². The second kappa shape index (κ2) is 3.70. The highest BCUT2D eigenvalue weighted by atomic mass is 16.5. The van der Waals surface area contributed by atoms with E-state index in [1.54, 1.807) is 18.9 Å². The molecule has 1 aromatic rings. The number of esters is 1. The van der Waals surface area contributed by atoms with Crippen molar-refractivity contribution in [3.05, 3.63) is 41.5 Å². The minimum absolute atomic E-state index is 0.0278. The van der Waals surface area contributed by atoms with E-state index in [2.05, 4.69) is 0 Å². The maximum Gasteiger partial charge on any atom is 0.331 e. The highest BCUT2D eigenvalue weighted by Gasteiger charge is 2.44. The molecule has 0 radical (unpaired) electrons. The van der Waals surface area contributed by atoms with Gasteiger partial charge in [0.1, 0.15) is 12.0 Å². The maximum atomic E-state index is 12.3. The van der Waals surface area contributed by atoms with Crippen LogP contribution in [0.1, 0.15) is 18.6 Å². The molecule has 0 N–H and O–H groups in total. The Labute approximate surface area is 105 Å². The number of para-hydroxylation sites is 1. The first-order valence-corrected chi connectivity index (χ1v) is 5.85.